The molecular weight excluding hydrogens is 784 g/mol. The lowest BCUT2D eigenvalue weighted by molar-refractivity contribution is 0.332. The maximum Gasteiger partial charge on any atom is 0.252 e. The Bertz CT molecular complexity index is 2670. The highest BCUT2D eigenvalue weighted by Gasteiger charge is 2.49. The third-order valence-electron chi connectivity index (χ3n) is 19.1. The fourth-order valence-electron chi connectivity index (χ4n) is 14.0. The first-order chi connectivity index (χ1) is 30.2. The number of hydrogen-bond acceptors (Lipinski definition) is 2. The van der Waals surface area contributed by atoms with E-state index in [1.807, 2.05) is 0 Å². The molecule has 0 bridgehead atoms. The summed E-state index contributed by atoms with van der Waals surface area (Å²) in [6, 6.07) is 33.3. The lowest BCUT2D eigenvalue weighted by Gasteiger charge is -2.49. The standard InChI is InChI=1S/C62H77BN2/c1-55(2)24-26-57(5,6)42-32-38(20-22-40(42)55)64-50-18-17-19-51-54(50)63(48-34-44-46(36-52(48)64)61(13,14)30-28-59(44,9)10)49-35-45-47(62(15,16)31-29-60(45,11)12)37-53(49)65(51)39-21-23-41-43(33-39)58(7,8)27-25-56(41,3)4/h17-23,32-37H,24-31H2,1-16H3. The summed E-state index contributed by atoms with van der Waals surface area (Å²) in [4.78, 5) is 5.43. The Morgan fingerprint density at radius 1 is 0.308 bits per heavy atom. The SMILES string of the molecule is CC1(C)CCC(C)(C)c2cc(N3c4cc5c(cc4B4c6cc7c(cc6N(c6ccc8c(c6)C(C)(C)CCC8(C)C)c6cccc3c64)C(C)(C)CCC7(C)C)C(C)(C)CCC5(C)C)ccc21. The van der Waals surface area contributed by atoms with Crippen LogP contribution in [0.3, 0.4) is 0 Å². The molecule has 0 amide bonds. The van der Waals surface area contributed by atoms with E-state index in [-0.39, 0.29) is 50.0 Å². The molecule has 2 nitrogen and oxygen atoms in total. The van der Waals surface area contributed by atoms with Crippen molar-refractivity contribution in [2.75, 3.05) is 9.80 Å². The molecule has 0 aromatic heterocycles. The molecule has 11 rings (SSSR count). The molecule has 338 valence electrons. The molecule has 0 saturated carbocycles. The average Bonchev–Trinajstić information content (AvgIpc) is 3.24. The van der Waals surface area contributed by atoms with Gasteiger partial charge >= 0.3 is 0 Å². The van der Waals surface area contributed by atoms with Crippen LogP contribution in [0.5, 0.6) is 0 Å². The Morgan fingerprint density at radius 3 is 0.908 bits per heavy atom. The quantitative estimate of drug-likeness (QED) is 0.160. The maximum atomic E-state index is 2.73. The number of anilines is 6. The topological polar surface area (TPSA) is 6.48 Å². The minimum Gasteiger partial charge on any atom is -0.311 e. The van der Waals surface area contributed by atoms with Crippen LogP contribution in [0.2, 0.25) is 0 Å². The fourth-order valence-corrected chi connectivity index (χ4v) is 14.0. The monoisotopic (exact) mass is 861 g/mol. The van der Waals surface area contributed by atoms with Gasteiger partial charge in [-0.25, -0.2) is 0 Å². The van der Waals surface area contributed by atoms with Crippen LogP contribution in [-0.4, -0.2) is 6.71 Å². The molecule has 5 aromatic carbocycles. The molecule has 0 fully saturated rings. The molecule has 5 aromatic rings. The van der Waals surface area contributed by atoms with E-state index >= 15 is 0 Å². The van der Waals surface area contributed by atoms with Crippen LogP contribution in [-0.2, 0) is 43.3 Å². The summed E-state index contributed by atoms with van der Waals surface area (Å²) in [5, 5.41) is 0. The summed E-state index contributed by atoms with van der Waals surface area (Å²) in [6.45, 7) is 39.9. The Morgan fingerprint density at radius 2 is 0.585 bits per heavy atom. The molecule has 0 radical (unpaired) electrons. The predicted octanol–water partition coefficient (Wildman–Crippen LogP) is 15.2. The van der Waals surface area contributed by atoms with Gasteiger partial charge in [0.2, 0.25) is 0 Å². The van der Waals surface area contributed by atoms with E-state index in [1.54, 1.807) is 11.1 Å². The van der Waals surface area contributed by atoms with E-state index in [4.69, 9.17) is 0 Å². The van der Waals surface area contributed by atoms with Crippen LogP contribution in [0.25, 0.3) is 0 Å². The minimum absolute atomic E-state index is 0.0836. The van der Waals surface area contributed by atoms with Crippen molar-refractivity contribution < 1.29 is 0 Å². The highest BCUT2D eigenvalue weighted by molar-refractivity contribution is 7.00. The zero-order valence-electron chi connectivity index (χ0n) is 43.1. The zero-order valence-corrected chi connectivity index (χ0v) is 43.1. The highest BCUT2D eigenvalue weighted by Crippen LogP contribution is 2.55. The van der Waals surface area contributed by atoms with E-state index < -0.39 is 0 Å². The highest BCUT2D eigenvalue weighted by atomic mass is 15.2. The van der Waals surface area contributed by atoms with Gasteiger partial charge in [0.1, 0.15) is 0 Å². The summed E-state index contributed by atoms with van der Waals surface area (Å²) in [5.41, 5.74) is 25.4. The molecule has 3 heteroatoms. The molecule has 0 atom stereocenters. The second kappa shape index (κ2) is 13.3. The van der Waals surface area contributed by atoms with Gasteiger partial charge in [0.05, 0.1) is 0 Å². The second-order valence-corrected chi connectivity index (χ2v) is 27.3. The Balaban J connectivity index is 1.25. The molecule has 0 saturated heterocycles. The van der Waals surface area contributed by atoms with Crippen LogP contribution >= 0.6 is 0 Å². The van der Waals surface area contributed by atoms with E-state index in [2.05, 4.69) is 199 Å². The normalized spacial score (nSPS) is 23.5. The van der Waals surface area contributed by atoms with Crippen LogP contribution in [0.15, 0.2) is 78.9 Å². The third-order valence-corrected chi connectivity index (χ3v) is 19.1. The van der Waals surface area contributed by atoms with Gasteiger partial charge in [-0.3, -0.25) is 0 Å². The predicted molar refractivity (Wildman–Crippen MR) is 282 cm³/mol. The minimum atomic E-state index is 0.0836. The van der Waals surface area contributed by atoms with Gasteiger partial charge in [-0.1, -0.05) is 141 Å². The Labute approximate surface area is 394 Å². The number of rotatable bonds is 2. The lowest BCUT2D eigenvalue weighted by Crippen LogP contribution is -2.62. The number of hydrogen-bond donors (Lipinski definition) is 0. The first-order valence-corrected chi connectivity index (χ1v) is 25.6. The molecule has 0 N–H and O–H groups in total. The molecule has 0 unspecified atom stereocenters. The van der Waals surface area contributed by atoms with Crippen molar-refractivity contribution in [2.24, 2.45) is 0 Å². The first-order valence-electron chi connectivity index (χ1n) is 25.6. The van der Waals surface area contributed by atoms with Gasteiger partial charge < -0.3 is 9.80 Å². The molecule has 6 aliphatic rings. The van der Waals surface area contributed by atoms with E-state index in [9.17, 15) is 0 Å². The van der Waals surface area contributed by atoms with Crippen LogP contribution in [0, 0.1) is 0 Å². The first kappa shape index (κ1) is 43.3. The van der Waals surface area contributed by atoms with Crippen LogP contribution < -0.4 is 26.2 Å². The molecule has 4 aliphatic carbocycles. The smallest absolute Gasteiger partial charge is 0.252 e. The van der Waals surface area contributed by atoms with Crippen molar-refractivity contribution in [1.82, 2.24) is 0 Å². The average molecular weight is 861 g/mol. The van der Waals surface area contributed by atoms with Gasteiger partial charge in [-0.05, 0) is 204 Å². The molecule has 2 aliphatic heterocycles. The van der Waals surface area contributed by atoms with E-state index in [0.29, 0.717) is 0 Å². The van der Waals surface area contributed by atoms with E-state index in [1.165, 1.54) is 135 Å². The van der Waals surface area contributed by atoms with Crippen molar-refractivity contribution >= 4 is 57.2 Å². The largest absolute Gasteiger partial charge is 0.311 e. The van der Waals surface area contributed by atoms with Crippen molar-refractivity contribution in [3.63, 3.8) is 0 Å². The summed E-state index contributed by atoms with van der Waals surface area (Å²) in [7, 11) is 0. The third kappa shape index (κ3) is 6.17. The molecule has 2 heterocycles. The number of nitrogens with zero attached hydrogens (tertiary/aromatic N) is 2. The Hall–Kier alpha value is -4.24. The van der Waals surface area contributed by atoms with Gasteiger partial charge in [0.25, 0.3) is 6.71 Å². The zero-order chi connectivity index (χ0) is 46.4. The van der Waals surface area contributed by atoms with Gasteiger partial charge in [-0.15, -0.1) is 0 Å². The summed E-state index contributed by atoms with van der Waals surface area (Å²) in [5.74, 6) is 0. The van der Waals surface area contributed by atoms with Crippen molar-refractivity contribution in [1.29, 1.82) is 0 Å². The van der Waals surface area contributed by atoms with Gasteiger partial charge in [-0.2, -0.15) is 0 Å². The fraction of sp³-hybridized carbons (Fsp3) is 0.516. The molecule has 0 spiro atoms. The van der Waals surface area contributed by atoms with Crippen molar-refractivity contribution in [3.05, 3.63) is 123 Å². The Kier molecular flexibility index (Phi) is 8.84. The van der Waals surface area contributed by atoms with Crippen molar-refractivity contribution in [2.45, 2.75) is 205 Å². The van der Waals surface area contributed by atoms with Crippen LogP contribution in [0.1, 0.15) is 207 Å². The van der Waals surface area contributed by atoms with E-state index in [0.717, 1.165) is 0 Å². The molecule has 65 heavy (non-hydrogen) atoms. The van der Waals surface area contributed by atoms with Crippen LogP contribution in [0.4, 0.5) is 34.1 Å². The van der Waals surface area contributed by atoms with Crippen molar-refractivity contribution in [3.8, 4) is 0 Å². The van der Waals surface area contributed by atoms with Gasteiger partial charge in [0.15, 0.2) is 0 Å². The lowest BCUT2D eigenvalue weighted by atomic mass is 9.32. The summed E-state index contributed by atoms with van der Waals surface area (Å²) >= 11 is 0. The number of fused-ring (bicyclic) bond motifs is 8. The summed E-state index contributed by atoms with van der Waals surface area (Å²) < 4.78 is 0. The second-order valence-electron chi connectivity index (χ2n) is 27.3. The summed E-state index contributed by atoms with van der Waals surface area (Å²) in [6.07, 6.45) is 9.62. The van der Waals surface area contributed by atoms with Gasteiger partial charge in [0, 0.05) is 34.1 Å². The maximum absolute atomic E-state index is 2.73. The molecular formula is C62H77BN2. The number of benzene rings is 5.